The van der Waals surface area contributed by atoms with E-state index < -0.39 is 6.04 Å². The summed E-state index contributed by atoms with van der Waals surface area (Å²) in [6, 6.07) is 7.36. The molecule has 2 aromatic rings. The molecule has 36 heavy (non-hydrogen) atoms. The van der Waals surface area contributed by atoms with E-state index in [0.29, 0.717) is 30.6 Å². The van der Waals surface area contributed by atoms with Crippen LogP contribution in [0.5, 0.6) is 0 Å². The molecule has 1 amide bonds. The Morgan fingerprint density at radius 2 is 1.94 bits per heavy atom. The highest BCUT2D eigenvalue weighted by atomic mass is 32.1. The summed E-state index contributed by atoms with van der Waals surface area (Å²) in [6.07, 6.45) is 1.76. The van der Waals surface area contributed by atoms with Crippen LogP contribution in [0.4, 0.5) is 11.4 Å². The number of rotatable bonds is 7. The summed E-state index contributed by atoms with van der Waals surface area (Å²) < 4.78 is 10.5. The number of ether oxygens (including phenoxy) is 2. The molecule has 1 aromatic carbocycles. The van der Waals surface area contributed by atoms with E-state index in [1.165, 1.54) is 11.3 Å². The summed E-state index contributed by atoms with van der Waals surface area (Å²) in [4.78, 5) is 33.9. The van der Waals surface area contributed by atoms with Gasteiger partial charge in [-0.1, -0.05) is 12.1 Å². The third kappa shape index (κ3) is 6.51. The first-order valence-electron chi connectivity index (χ1n) is 12.4. The molecule has 0 radical (unpaired) electrons. The van der Waals surface area contributed by atoms with Crippen LogP contribution in [0.15, 0.2) is 29.6 Å². The number of thiocarbonyl (C=S) groups is 1. The Hall–Kier alpha value is -2.76. The molecule has 2 aliphatic heterocycles. The fraction of sp³-hybridized carbons (Fsp3) is 0.520. The van der Waals surface area contributed by atoms with Gasteiger partial charge in [-0.05, 0) is 51.0 Å². The van der Waals surface area contributed by atoms with Gasteiger partial charge in [0.1, 0.15) is 11.7 Å². The lowest BCUT2D eigenvalue weighted by molar-refractivity contribution is -0.144. The van der Waals surface area contributed by atoms with Crippen molar-refractivity contribution in [3.8, 4) is 0 Å². The van der Waals surface area contributed by atoms with E-state index in [1.807, 2.05) is 29.6 Å². The van der Waals surface area contributed by atoms with Crippen LogP contribution in [0.2, 0.25) is 0 Å². The molecule has 3 heterocycles. The van der Waals surface area contributed by atoms with E-state index >= 15 is 0 Å². The molecule has 1 aromatic heterocycles. The second-order valence-corrected chi connectivity index (χ2v) is 10.1. The zero-order valence-electron chi connectivity index (χ0n) is 20.7. The second kappa shape index (κ2) is 12.5. The first-order chi connectivity index (χ1) is 17.5. The minimum absolute atomic E-state index is 0.200. The van der Waals surface area contributed by atoms with E-state index in [9.17, 15) is 9.59 Å². The maximum absolute atomic E-state index is 13.0. The number of amides is 1. The van der Waals surface area contributed by atoms with Crippen molar-refractivity contribution in [2.75, 3.05) is 56.2 Å². The number of carbonyl (C=O) groups is 2. The first-order valence-corrected chi connectivity index (χ1v) is 13.7. The van der Waals surface area contributed by atoms with E-state index in [4.69, 9.17) is 21.7 Å². The van der Waals surface area contributed by atoms with Crippen molar-refractivity contribution < 1.29 is 19.1 Å². The van der Waals surface area contributed by atoms with Gasteiger partial charge in [-0.3, -0.25) is 4.79 Å². The molecule has 4 rings (SSSR count). The number of hydrogen-bond acceptors (Lipinski definition) is 8. The number of esters is 1. The third-order valence-electron chi connectivity index (χ3n) is 6.37. The molecule has 1 atom stereocenters. The molecule has 2 fully saturated rings. The standard InChI is InChI=1S/C25H33N5O4S2/c1-3-34-24(32)17(2)26-25(35)30-10-8-18(9-11-30)23-28-20(16-36-23)22(31)27-19-6-4-5-7-21(19)29-12-14-33-15-13-29/h4-7,16-18H,3,8-15H2,1-2H3,(H,26,35)(H,27,31). The second-order valence-electron chi connectivity index (χ2n) is 8.83. The number of aromatic nitrogens is 1. The highest BCUT2D eigenvalue weighted by Gasteiger charge is 2.27. The van der Waals surface area contributed by atoms with Gasteiger partial charge in [-0.25, -0.2) is 9.78 Å². The largest absolute Gasteiger partial charge is 0.464 e. The zero-order valence-corrected chi connectivity index (χ0v) is 22.3. The minimum Gasteiger partial charge on any atom is -0.464 e. The Kier molecular flexibility index (Phi) is 9.11. The topological polar surface area (TPSA) is 96.0 Å². The van der Waals surface area contributed by atoms with Gasteiger partial charge < -0.3 is 29.9 Å². The SMILES string of the molecule is CCOC(=O)C(C)NC(=S)N1CCC(c2nc(C(=O)Nc3ccccc3N3CCOCC3)cs2)CC1. The van der Waals surface area contributed by atoms with Crippen LogP contribution in [0.25, 0.3) is 0 Å². The summed E-state index contributed by atoms with van der Waals surface area (Å²) in [5.41, 5.74) is 2.22. The van der Waals surface area contributed by atoms with Crippen molar-refractivity contribution in [1.29, 1.82) is 0 Å². The van der Waals surface area contributed by atoms with Gasteiger partial charge >= 0.3 is 5.97 Å². The monoisotopic (exact) mass is 531 g/mol. The van der Waals surface area contributed by atoms with Gasteiger partial charge in [-0.2, -0.15) is 0 Å². The highest BCUT2D eigenvalue weighted by Crippen LogP contribution is 2.31. The number of likely N-dealkylation sites (tertiary alicyclic amines) is 1. The van der Waals surface area contributed by atoms with Gasteiger partial charge in [0.2, 0.25) is 0 Å². The molecule has 9 nitrogen and oxygen atoms in total. The average Bonchev–Trinajstić information content (AvgIpc) is 3.40. The lowest BCUT2D eigenvalue weighted by Crippen LogP contribution is -2.49. The number of thiazole rings is 1. The predicted molar refractivity (Wildman–Crippen MR) is 145 cm³/mol. The molecule has 2 aliphatic rings. The van der Waals surface area contributed by atoms with Crippen molar-refractivity contribution in [3.63, 3.8) is 0 Å². The Bertz CT molecular complexity index is 1060. The number of nitrogens with one attached hydrogen (secondary N) is 2. The van der Waals surface area contributed by atoms with E-state index in [0.717, 1.165) is 55.4 Å². The zero-order chi connectivity index (χ0) is 25.5. The van der Waals surface area contributed by atoms with Crippen LogP contribution in [0, 0.1) is 0 Å². The predicted octanol–water partition coefficient (Wildman–Crippen LogP) is 3.24. The van der Waals surface area contributed by atoms with Crippen LogP contribution >= 0.6 is 23.6 Å². The fourth-order valence-corrected chi connectivity index (χ4v) is 5.69. The van der Waals surface area contributed by atoms with Gasteiger partial charge in [0.05, 0.1) is 36.2 Å². The molecular formula is C25H33N5O4S2. The molecular weight excluding hydrogens is 498 g/mol. The maximum atomic E-state index is 13.0. The van der Waals surface area contributed by atoms with E-state index in [1.54, 1.807) is 13.8 Å². The van der Waals surface area contributed by atoms with Crippen LogP contribution in [0.1, 0.15) is 48.1 Å². The molecule has 2 saturated heterocycles. The number of carbonyl (C=O) groups excluding carboxylic acids is 2. The number of piperidine rings is 1. The lowest BCUT2D eigenvalue weighted by Gasteiger charge is -2.33. The van der Waals surface area contributed by atoms with Gasteiger partial charge in [0.25, 0.3) is 5.91 Å². The van der Waals surface area contributed by atoms with Crippen molar-refractivity contribution in [2.24, 2.45) is 0 Å². The van der Waals surface area contributed by atoms with Crippen LogP contribution in [0.3, 0.4) is 0 Å². The summed E-state index contributed by atoms with van der Waals surface area (Å²) >= 11 is 7.03. The van der Waals surface area contributed by atoms with Gasteiger partial charge in [-0.15, -0.1) is 11.3 Å². The average molecular weight is 532 g/mol. The van der Waals surface area contributed by atoms with E-state index in [-0.39, 0.29) is 17.8 Å². The van der Waals surface area contributed by atoms with Crippen molar-refractivity contribution in [1.82, 2.24) is 15.2 Å². The Balaban J connectivity index is 1.31. The molecule has 0 saturated carbocycles. The summed E-state index contributed by atoms with van der Waals surface area (Å²) in [7, 11) is 0. The number of hydrogen-bond donors (Lipinski definition) is 2. The Morgan fingerprint density at radius 1 is 1.22 bits per heavy atom. The fourth-order valence-electron chi connectivity index (χ4n) is 4.36. The third-order valence-corrected chi connectivity index (χ3v) is 7.75. The maximum Gasteiger partial charge on any atom is 0.328 e. The van der Waals surface area contributed by atoms with Crippen molar-refractivity contribution in [2.45, 2.75) is 38.6 Å². The molecule has 2 N–H and O–H groups in total. The minimum atomic E-state index is -0.483. The number of benzene rings is 1. The molecule has 11 heteroatoms. The number of morpholine rings is 1. The summed E-state index contributed by atoms with van der Waals surface area (Å²) in [6.45, 7) is 8.37. The molecule has 0 aliphatic carbocycles. The molecule has 0 spiro atoms. The number of nitrogens with zero attached hydrogens (tertiary/aromatic N) is 3. The first kappa shape index (κ1) is 26.3. The number of anilines is 2. The van der Waals surface area contributed by atoms with Gasteiger partial charge in [0, 0.05) is 37.5 Å². The smallest absolute Gasteiger partial charge is 0.328 e. The summed E-state index contributed by atoms with van der Waals surface area (Å²) in [5, 5.41) is 9.48. The Labute approximate surface area is 221 Å². The quantitative estimate of drug-likeness (QED) is 0.412. The Morgan fingerprint density at radius 3 is 2.67 bits per heavy atom. The number of para-hydroxylation sites is 2. The van der Waals surface area contributed by atoms with Crippen molar-refractivity contribution in [3.05, 3.63) is 40.3 Å². The van der Waals surface area contributed by atoms with Crippen LogP contribution < -0.4 is 15.5 Å². The molecule has 194 valence electrons. The normalized spacial score (nSPS) is 17.4. The summed E-state index contributed by atoms with van der Waals surface area (Å²) in [5.74, 6) is -0.233. The van der Waals surface area contributed by atoms with Gasteiger partial charge in [0.15, 0.2) is 5.11 Å². The molecule has 0 bridgehead atoms. The van der Waals surface area contributed by atoms with Crippen LogP contribution in [-0.4, -0.2) is 78.9 Å². The highest BCUT2D eigenvalue weighted by molar-refractivity contribution is 7.80. The lowest BCUT2D eigenvalue weighted by atomic mass is 9.98. The van der Waals surface area contributed by atoms with Crippen molar-refractivity contribution >= 4 is 51.9 Å². The molecule has 1 unspecified atom stereocenters. The van der Waals surface area contributed by atoms with E-state index in [2.05, 4.69) is 25.4 Å². The van der Waals surface area contributed by atoms with Crippen LogP contribution in [-0.2, 0) is 14.3 Å².